The first-order valence-corrected chi connectivity index (χ1v) is 5.83. The van der Waals surface area contributed by atoms with Gasteiger partial charge in [-0.15, -0.1) is 0 Å². The fourth-order valence-corrected chi connectivity index (χ4v) is 1.48. The molecule has 0 fully saturated rings. The van der Waals surface area contributed by atoms with E-state index in [9.17, 15) is 18.3 Å². The molecule has 0 aliphatic carbocycles. The molecule has 0 amide bonds. The number of allylic oxidation sites excluding steroid dienone is 1. The molecule has 0 spiro atoms. The van der Waals surface area contributed by atoms with Gasteiger partial charge in [-0.05, 0) is 12.8 Å². The lowest BCUT2D eigenvalue weighted by molar-refractivity contribution is -0.189. The molecule has 0 radical (unpaired) electrons. The molecule has 2 nitrogen and oxygen atoms in total. The number of hydrogen-bond acceptors (Lipinski definition) is 2. The Morgan fingerprint density at radius 3 is 2.41 bits per heavy atom. The largest absolute Gasteiger partial charge is 0.397 e. The zero-order valence-corrected chi connectivity index (χ0v) is 10.3. The Morgan fingerprint density at radius 1 is 1.29 bits per heavy atom. The number of ether oxygens (including phenoxy) is 1. The number of rotatable bonds is 8. The molecular weight excluding hydrogens is 233 g/mol. The van der Waals surface area contributed by atoms with Crippen molar-refractivity contribution in [3.8, 4) is 0 Å². The van der Waals surface area contributed by atoms with Gasteiger partial charge >= 0.3 is 6.18 Å². The maximum atomic E-state index is 12.6. The topological polar surface area (TPSA) is 29.5 Å². The molecule has 0 saturated heterocycles. The number of aliphatic hydroxyl groups excluding tert-OH is 1. The summed E-state index contributed by atoms with van der Waals surface area (Å²) < 4.78 is 42.3. The molecule has 5 heteroatoms. The van der Waals surface area contributed by atoms with Crippen LogP contribution in [-0.4, -0.2) is 31.1 Å². The summed E-state index contributed by atoms with van der Waals surface area (Å²) in [5.41, 5.74) is 0. The number of aliphatic hydroxyl groups is 1. The third kappa shape index (κ3) is 7.39. The highest BCUT2D eigenvalue weighted by atomic mass is 19.4. The molecule has 0 rings (SSSR count). The zero-order chi connectivity index (χ0) is 13.3. The van der Waals surface area contributed by atoms with Gasteiger partial charge in [-0.25, -0.2) is 0 Å². The van der Waals surface area contributed by atoms with Crippen LogP contribution in [0.3, 0.4) is 0 Å². The quantitative estimate of drug-likeness (QED) is 0.532. The van der Waals surface area contributed by atoms with E-state index < -0.39 is 18.2 Å². The summed E-state index contributed by atoms with van der Waals surface area (Å²) in [6.07, 6.45) is 0.0794. The highest BCUT2D eigenvalue weighted by molar-refractivity contribution is 4.95. The van der Waals surface area contributed by atoms with E-state index in [4.69, 9.17) is 0 Å². The molecule has 0 aliphatic rings. The van der Waals surface area contributed by atoms with Gasteiger partial charge in [0.2, 0.25) is 0 Å². The molecule has 0 unspecified atom stereocenters. The molecule has 0 aromatic rings. The van der Waals surface area contributed by atoms with Gasteiger partial charge in [-0.2, -0.15) is 13.2 Å². The van der Waals surface area contributed by atoms with Gasteiger partial charge in [0.05, 0.1) is 12.7 Å². The first-order valence-electron chi connectivity index (χ1n) is 5.83. The van der Waals surface area contributed by atoms with E-state index in [1.54, 1.807) is 0 Å². The normalized spacial score (nSPS) is 16.4. The van der Waals surface area contributed by atoms with Crippen LogP contribution >= 0.6 is 0 Å². The lowest BCUT2D eigenvalue weighted by Crippen LogP contribution is -2.35. The lowest BCUT2D eigenvalue weighted by atomic mass is 10.0. The van der Waals surface area contributed by atoms with Gasteiger partial charge < -0.3 is 9.84 Å². The van der Waals surface area contributed by atoms with Crippen LogP contribution in [0.5, 0.6) is 0 Å². The summed E-state index contributed by atoms with van der Waals surface area (Å²) in [6.45, 7) is 1.72. The number of methoxy groups -OCH3 is 1. The van der Waals surface area contributed by atoms with Crippen molar-refractivity contribution < 1.29 is 23.0 Å². The Labute approximate surface area is 100 Å². The lowest BCUT2D eigenvalue weighted by Gasteiger charge is -2.21. The van der Waals surface area contributed by atoms with Crippen LogP contribution in [0.25, 0.3) is 0 Å². The van der Waals surface area contributed by atoms with Gasteiger partial charge in [-0.3, -0.25) is 0 Å². The van der Waals surface area contributed by atoms with Crippen LogP contribution < -0.4 is 0 Å². The minimum absolute atomic E-state index is 0.316. The Hall–Kier alpha value is -0.550. The van der Waals surface area contributed by atoms with E-state index in [1.165, 1.54) is 13.2 Å². The summed E-state index contributed by atoms with van der Waals surface area (Å²) >= 11 is 0. The molecule has 102 valence electrons. The fourth-order valence-electron chi connectivity index (χ4n) is 1.48. The monoisotopic (exact) mass is 254 g/mol. The van der Waals surface area contributed by atoms with E-state index in [0.29, 0.717) is 6.42 Å². The summed E-state index contributed by atoms with van der Waals surface area (Å²) in [4.78, 5) is 0. The van der Waals surface area contributed by atoms with Crippen molar-refractivity contribution in [1.29, 1.82) is 0 Å². The average molecular weight is 254 g/mol. The molecule has 17 heavy (non-hydrogen) atoms. The number of alkyl halides is 3. The predicted molar refractivity (Wildman–Crippen MR) is 60.7 cm³/mol. The first kappa shape index (κ1) is 16.4. The minimum atomic E-state index is -4.43. The summed E-state index contributed by atoms with van der Waals surface area (Å²) in [7, 11) is 1.27. The van der Waals surface area contributed by atoms with E-state index >= 15 is 0 Å². The smallest absolute Gasteiger partial charge is 0.390 e. The highest BCUT2D eigenvalue weighted by Crippen LogP contribution is 2.30. The summed E-state index contributed by atoms with van der Waals surface area (Å²) in [6, 6.07) is 0. The van der Waals surface area contributed by atoms with Crippen molar-refractivity contribution in [2.45, 2.75) is 44.9 Å². The van der Waals surface area contributed by atoms with Gasteiger partial charge in [0, 0.05) is 7.11 Å². The summed E-state index contributed by atoms with van der Waals surface area (Å²) in [5, 5.41) is 9.35. The van der Waals surface area contributed by atoms with Crippen molar-refractivity contribution in [2.75, 3.05) is 13.7 Å². The van der Waals surface area contributed by atoms with Crippen LogP contribution in [0.1, 0.15) is 32.6 Å². The van der Waals surface area contributed by atoms with E-state index in [0.717, 1.165) is 25.3 Å². The van der Waals surface area contributed by atoms with Crippen molar-refractivity contribution >= 4 is 0 Å². The number of halogens is 3. The Kier molecular flexibility index (Phi) is 8.25. The molecule has 0 aromatic carbocycles. The molecule has 0 heterocycles. The van der Waals surface area contributed by atoms with Crippen LogP contribution in [0.15, 0.2) is 12.2 Å². The molecule has 0 aliphatic heterocycles. The Bertz CT molecular complexity index is 214. The van der Waals surface area contributed by atoms with Gasteiger partial charge in [0.15, 0.2) is 0 Å². The number of hydrogen-bond donors (Lipinski definition) is 1. The molecule has 0 aromatic heterocycles. The third-order valence-corrected chi connectivity index (χ3v) is 2.45. The first-order chi connectivity index (χ1) is 7.93. The predicted octanol–water partition coefficient (Wildman–Crippen LogP) is 3.31. The second-order valence-corrected chi connectivity index (χ2v) is 4.01. The fraction of sp³-hybridized carbons (Fsp3) is 0.833. The van der Waals surface area contributed by atoms with E-state index in [2.05, 4.69) is 4.74 Å². The van der Waals surface area contributed by atoms with Crippen LogP contribution in [0, 0.1) is 5.92 Å². The van der Waals surface area contributed by atoms with Crippen molar-refractivity contribution in [1.82, 2.24) is 0 Å². The Balaban J connectivity index is 4.29. The molecule has 1 N–H and O–H groups in total. The van der Waals surface area contributed by atoms with Gasteiger partial charge in [-0.1, -0.05) is 31.9 Å². The van der Waals surface area contributed by atoms with Crippen molar-refractivity contribution in [3.63, 3.8) is 0 Å². The SMILES string of the molecule is CCCCC/C=C/[C@@H]([C@H](O)COC)C(F)(F)F. The molecular formula is C12H21F3O2. The second kappa shape index (κ2) is 8.53. The van der Waals surface area contributed by atoms with Crippen molar-refractivity contribution in [3.05, 3.63) is 12.2 Å². The van der Waals surface area contributed by atoms with Crippen LogP contribution in [0.4, 0.5) is 13.2 Å². The van der Waals surface area contributed by atoms with Gasteiger partial charge in [0.1, 0.15) is 5.92 Å². The van der Waals surface area contributed by atoms with Crippen LogP contribution in [0.2, 0.25) is 0 Å². The molecule has 0 bridgehead atoms. The van der Waals surface area contributed by atoms with E-state index in [-0.39, 0.29) is 6.61 Å². The molecule has 0 saturated carbocycles. The van der Waals surface area contributed by atoms with Crippen molar-refractivity contribution in [2.24, 2.45) is 5.92 Å². The van der Waals surface area contributed by atoms with E-state index in [1.807, 2.05) is 6.92 Å². The van der Waals surface area contributed by atoms with Gasteiger partial charge in [0.25, 0.3) is 0 Å². The average Bonchev–Trinajstić information content (AvgIpc) is 2.21. The summed E-state index contributed by atoms with van der Waals surface area (Å²) in [5.74, 6) is -1.84. The highest BCUT2D eigenvalue weighted by Gasteiger charge is 2.42. The Morgan fingerprint density at radius 2 is 1.94 bits per heavy atom. The molecule has 2 atom stereocenters. The minimum Gasteiger partial charge on any atom is -0.390 e. The second-order valence-electron chi connectivity index (χ2n) is 4.01. The van der Waals surface area contributed by atoms with Crippen LogP contribution in [-0.2, 0) is 4.74 Å². The standard InChI is InChI=1S/C12H21F3O2/c1-3-4-5-6-7-8-10(12(13,14)15)11(16)9-17-2/h7-8,10-11,16H,3-6,9H2,1-2H3/b8-7+/t10-,11+/m0/s1. The zero-order valence-electron chi connectivity index (χ0n) is 10.3. The number of unbranched alkanes of at least 4 members (excludes halogenated alkanes) is 3. The maximum absolute atomic E-state index is 12.6. The third-order valence-electron chi connectivity index (χ3n) is 2.45. The maximum Gasteiger partial charge on any atom is 0.397 e.